The van der Waals surface area contributed by atoms with E-state index >= 15 is 0 Å². The summed E-state index contributed by atoms with van der Waals surface area (Å²) in [6, 6.07) is 5.90. The van der Waals surface area contributed by atoms with Gasteiger partial charge in [0.2, 0.25) is 5.91 Å². The topological polar surface area (TPSA) is 53.5 Å². The highest BCUT2D eigenvalue weighted by molar-refractivity contribution is 8.26. The van der Waals surface area contributed by atoms with Gasteiger partial charge in [0.25, 0.3) is 5.91 Å². The molecule has 5 nitrogen and oxygen atoms in total. The van der Waals surface area contributed by atoms with Crippen molar-refractivity contribution in [1.29, 1.82) is 0 Å². The maximum atomic E-state index is 12.5. The van der Waals surface area contributed by atoms with Crippen LogP contribution in [0.5, 0.6) is 0 Å². The molecule has 2 aromatic rings. The Morgan fingerprint density at radius 2 is 2.04 bits per heavy atom. The molecule has 28 heavy (non-hydrogen) atoms. The van der Waals surface area contributed by atoms with Gasteiger partial charge >= 0.3 is 0 Å². The van der Waals surface area contributed by atoms with E-state index in [2.05, 4.69) is 11.6 Å². The highest BCUT2D eigenvalue weighted by Gasteiger charge is 2.31. The standard InChI is InChI=1S/C20H19N3O2S3/c1-5-9-22-18(25)16(28-20(22)26)10-15-11-27-19(21-15)23(14(4)24)17-12(2)7-6-8-13(17)3/h5-8,10-11H,1,9H2,2-4H3/b16-10-. The van der Waals surface area contributed by atoms with Crippen LogP contribution in [0.2, 0.25) is 0 Å². The number of rotatable bonds is 5. The number of aryl methyl sites for hydroxylation is 2. The third-order valence-corrected chi connectivity index (χ3v) is 6.37. The molecular weight excluding hydrogens is 410 g/mol. The van der Waals surface area contributed by atoms with E-state index in [4.69, 9.17) is 12.2 Å². The fraction of sp³-hybridized carbons (Fsp3) is 0.200. The molecule has 0 N–H and O–H groups in total. The molecule has 3 rings (SSSR count). The normalized spacial score (nSPS) is 15.4. The number of thiazole rings is 1. The summed E-state index contributed by atoms with van der Waals surface area (Å²) in [4.78, 5) is 33.1. The monoisotopic (exact) mass is 429 g/mol. The van der Waals surface area contributed by atoms with E-state index in [-0.39, 0.29) is 11.8 Å². The Bertz CT molecular complexity index is 990. The molecule has 0 unspecified atom stereocenters. The molecule has 0 atom stereocenters. The van der Waals surface area contributed by atoms with E-state index in [1.165, 1.54) is 34.9 Å². The van der Waals surface area contributed by atoms with Crippen LogP contribution in [0.3, 0.4) is 0 Å². The van der Waals surface area contributed by atoms with Crippen LogP contribution in [-0.2, 0) is 9.59 Å². The Balaban J connectivity index is 1.95. The second kappa shape index (κ2) is 8.38. The zero-order chi connectivity index (χ0) is 20.4. The summed E-state index contributed by atoms with van der Waals surface area (Å²) in [5.41, 5.74) is 3.46. The van der Waals surface area contributed by atoms with Gasteiger partial charge in [-0.3, -0.25) is 19.4 Å². The molecule has 8 heteroatoms. The van der Waals surface area contributed by atoms with Crippen LogP contribution in [0.25, 0.3) is 6.08 Å². The molecule has 0 radical (unpaired) electrons. The minimum absolute atomic E-state index is 0.115. The minimum Gasteiger partial charge on any atom is -0.289 e. The lowest BCUT2D eigenvalue weighted by Crippen LogP contribution is -2.27. The van der Waals surface area contributed by atoms with Crippen LogP contribution in [0.4, 0.5) is 10.8 Å². The molecule has 1 aromatic carbocycles. The Kier molecular flexibility index (Phi) is 6.12. The van der Waals surface area contributed by atoms with E-state index in [9.17, 15) is 9.59 Å². The Labute approximate surface area is 177 Å². The summed E-state index contributed by atoms with van der Waals surface area (Å²) in [5, 5.41) is 2.40. The van der Waals surface area contributed by atoms with E-state index < -0.39 is 0 Å². The van der Waals surface area contributed by atoms with Gasteiger partial charge in [0.05, 0.1) is 16.3 Å². The van der Waals surface area contributed by atoms with E-state index in [1.807, 2.05) is 37.4 Å². The van der Waals surface area contributed by atoms with Crippen molar-refractivity contribution in [2.45, 2.75) is 20.8 Å². The van der Waals surface area contributed by atoms with Crippen LogP contribution in [-0.4, -0.2) is 32.6 Å². The summed E-state index contributed by atoms with van der Waals surface area (Å²) in [5.74, 6) is -0.266. The number of para-hydroxylation sites is 1. The number of carbonyl (C=O) groups is 2. The van der Waals surface area contributed by atoms with Crippen LogP contribution < -0.4 is 4.90 Å². The molecule has 2 heterocycles. The number of thioether (sulfide) groups is 1. The van der Waals surface area contributed by atoms with Gasteiger partial charge in [-0.25, -0.2) is 4.98 Å². The molecule has 0 bridgehead atoms. The van der Waals surface area contributed by atoms with Crippen LogP contribution in [0.1, 0.15) is 23.7 Å². The molecule has 0 spiro atoms. The molecular formula is C20H19N3O2S3. The first-order chi connectivity index (χ1) is 13.3. The van der Waals surface area contributed by atoms with Crippen molar-refractivity contribution in [3.8, 4) is 0 Å². The van der Waals surface area contributed by atoms with Gasteiger partial charge in [0, 0.05) is 18.8 Å². The molecule has 0 aliphatic carbocycles. The van der Waals surface area contributed by atoms with Crippen molar-refractivity contribution in [1.82, 2.24) is 9.88 Å². The number of hydrogen-bond acceptors (Lipinski definition) is 6. The highest BCUT2D eigenvalue weighted by atomic mass is 32.2. The number of aromatic nitrogens is 1. The van der Waals surface area contributed by atoms with Crippen molar-refractivity contribution >= 4 is 68.3 Å². The zero-order valence-electron chi connectivity index (χ0n) is 15.8. The Hall–Kier alpha value is -2.29. The smallest absolute Gasteiger partial charge is 0.266 e. The van der Waals surface area contributed by atoms with Crippen molar-refractivity contribution in [2.24, 2.45) is 0 Å². The van der Waals surface area contributed by atoms with Crippen molar-refractivity contribution in [2.75, 3.05) is 11.4 Å². The number of carbonyl (C=O) groups excluding carboxylic acids is 2. The molecule has 1 saturated heterocycles. The van der Waals surface area contributed by atoms with E-state index in [0.29, 0.717) is 26.6 Å². The van der Waals surface area contributed by atoms with Crippen LogP contribution >= 0.6 is 35.3 Å². The highest BCUT2D eigenvalue weighted by Crippen LogP contribution is 2.36. The second-order valence-corrected chi connectivity index (χ2v) is 8.74. The average molecular weight is 430 g/mol. The summed E-state index contributed by atoms with van der Waals surface area (Å²) in [7, 11) is 0. The fourth-order valence-corrected chi connectivity index (χ4v) is 5.00. The third kappa shape index (κ3) is 3.94. The van der Waals surface area contributed by atoms with Gasteiger partial charge < -0.3 is 0 Å². The lowest BCUT2D eigenvalue weighted by atomic mass is 10.1. The fourth-order valence-electron chi connectivity index (χ4n) is 2.91. The number of anilines is 2. The Morgan fingerprint density at radius 3 is 2.64 bits per heavy atom. The van der Waals surface area contributed by atoms with Gasteiger partial charge in [0.15, 0.2) is 5.13 Å². The third-order valence-electron chi connectivity index (χ3n) is 4.14. The van der Waals surface area contributed by atoms with Gasteiger partial charge in [0.1, 0.15) is 4.32 Å². The SMILES string of the molecule is C=CCN1C(=O)/C(=C/c2csc(N(C(C)=O)c3c(C)cccc3C)n2)SC1=S. The largest absolute Gasteiger partial charge is 0.289 e. The first kappa shape index (κ1) is 20.4. The lowest BCUT2D eigenvalue weighted by Gasteiger charge is -2.22. The summed E-state index contributed by atoms with van der Waals surface area (Å²) >= 11 is 7.87. The number of amides is 2. The van der Waals surface area contributed by atoms with Crippen LogP contribution in [0, 0.1) is 13.8 Å². The number of thiocarbonyl (C=S) groups is 1. The first-order valence-electron chi connectivity index (χ1n) is 8.52. The number of nitrogens with zero attached hydrogens (tertiary/aromatic N) is 3. The van der Waals surface area contributed by atoms with E-state index in [0.717, 1.165) is 16.8 Å². The van der Waals surface area contributed by atoms with Gasteiger partial charge in [-0.05, 0) is 31.1 Å². The summed E-state index contributed by atoms with van der Waals surface area (Å²) < 4.78 is 0.507. The van der Waals surface area contributed by atoms with Gasteiger partial charge in [-0.15, -0.1) is 17.9 Å². The molecule has 0 saturated carbocycles. The molecule has 2 amide bonds. The van der Waals surface area contributed by atoms with Gasteiger partial charge in [-0.2, -0.15) is 0 Å². The quantitative estimate of drug-likeness (QED) is 0.387. The van der Waals surface area contributed by atoms with E-state index in [1.54, 1.807) is 17.1 Å². The number of benzene rings is 1. The van der Waals surface area contributed by atoms with Crippen molar-refractivity contribution in [3.63, 3.8) is 0 Å². The van der Waals surface area contributed by atoms with Gasteiger partial charge in [-0.1, -0.05) is 48.3 Å². The second-order valence-electron chi connectivity index (χ2n) is 6.23. The van der Waals surface area contributed by atoms with Crippen molar-refractivity contribution < 1.29 is 9.59 Å². The maximum Gasteiger partial charge on any atom is 0.266 e. The Morgan fingerprint density at radius 1 is 1.36 bits per heavy atom. The van der Waals surface area contributed by atoms with Crippen molar-refractivity contribution in [3.05, 3.63) is 58.0 Å². The molecule has 1 fully saturated rings. The molecule has 144 valence electrons. The molecule has 1 aliphatic heterocycles. The molecule has 1 aromatic heterocycles. The predicted octanol–water partition coefficient (Wildman–Crippen LogP) is 4.83. The predicted molar refractivity (Wildman–Crippen MR) is 121 cm³/mol. The van der Waals surface area contributed by atoms with Crippen LogP contribution in [0.15, 0.2) is 41.1 Å². The minimum atomic E-state index is -0.150. The summed E-state index contributed by atoms with van der Waals surface area (Å²) in [6.07, 6.45) is 3.36. The first-order valence-corrected chi connectivity index (χ1v) is 10.6. The zero-order valence-corrected chi connectivity index (χ0v) is 18.2. The lowest BCUT2D eigenvalue weighted by molar-refractivity contribution is -0.121. The molecule has 1 aliphatic rings. The summed E-state index contributed by atoms with van der Waals surface area (Å²) in [6.45, 7) is 9.50. The number of hydrogen-bond donors (Lipinski definition) is 0. The maximum absolute atomic E-state index is 12.5. The average Bonchev–Trinajstić information content (AvgIpc) is 3.18.